The topological polar surface area (TPSA) is 133 Å². The van der Waals surface area contributed by atoms with E-state index in [1.54, 1.807) is 0 Å². The molecule has 0 radical (unpaired) electrons. The summed E-state index contributed by atoms with van der Waals surface area (Å²) >= 11 is 0. The van der Waals surface area contributed by atoms with Gasteiger partial charge < -0.3 is 28.4 Å². The highest BCUT2D eigenvalue weighted by Crippen LogP contribution is 2.23. The molecule has 6 aromatic rings. The molecule has 0 saturated carbocycles. The molecule has 12 nitrogen and oxygen atoms in total. The minimum Gasteiger partial charge on any atom is -0.491 e. The summed E-state index contributed by atoms with van der Waals surface area (Å²) in [5.74, 6) is 4.80. The van der Waals surface area contributed by atoms with Crippen LogP contribution < -0.4 is 14.2 Å². The van der Waals surface area contributed by atoms with E-state index in [0.717, 1.165) is 70.7 Å². The Balaban J connectivity index is 0.000000247. The van der Waals surface area contributed by atoms with Crippen LogP contribution in [0.15, 0.2) is 110 Å². The van der Waals surface area contributed by atoms with E-state index >= 15 is 0 Å². The monoisotopic (exact) mass is 1040 g/mol. The van der Waals surface area contributed by atoms with Gasteiger partial charge in [-0.2, -0.15) is 0 Å². The van der Waals surface area contributed by atoms with Gasteiger partial charge in [0.2, 0.25) is 0 Å². The Morgan fingerprint density at radius 2 is 0.513 bits per heavy atom. The van der Waals surface area contributed by atoms with Crippen LogP contribution in [0.5, 0.6) is 17.2 Å². The maximum absolute atomic E-state index is 5.64. The SMILES string of the molecule is CCCCCCCCCc1cnc(-c2ccc(OCCOCC)cc2)nc1.CCCCCCCc1cnc(-c2ccc(OCCOCC)cc2)nc1.CCCCCCc1cnc(-c2ccc(OCCOCC)cc2)nc1. The summed E-state index contributed by atoms with van der Waals surface area (Å²) in [6.45, 7) is 18.4. The van der Waals surface area contributed by atoms with Crippen molar-refractivity contribution < 1.29 is 28.4 Å². The number of benzene rings is 3. The van der Waals surface area contributed by atoms with E-state index in [9.17, 15) is 0 Å². The molecule has 0 aliphatic heterocycles. The molecule has 6 rings (SSSR count). The van der Waals surface area contributed by atoms with Crippen LogP contribution in [0.25, 0.3) is 34.2 Å². The number of aromatic nitrogens is 6. The zero-order valence-corrected chi connectivity index (χ0v) is 47.3. The number of ether oxygens (including phenoxy) is 6. The molecule has 0 fully saturated rings. The molecule has 0 N–H and O–H groups in total. The largest absolute Gasteiger partial charge is 0.491 e. The second-order valence-corrected chi connectivity index (χ2v) is 18.8. The molecule has 3 heterocycles. The number of nitrogens with zero attached hydrogens (tertiary/aromatic N) is 6. The minimum atomic E-state index is 0.566. The van der Waals surface area contributed by atoms with Gasteiger partial charge in [-0.1, -0.05) is 104 Å². The Morgan fingerprint density at radius 3 is 0.763 bits per heavy atom. The third-order valence-electron chi connectivity index (χ3n) is 12.5. The van der Waals surface area contributed by atoms with Crippen LogP contribution in [-0.2, 0) is 33.5 Å². The molecular formula is C64H92N6O6. The highest BCUT2D eigenvalue weighted by molar-refractivity contribution is 5.57. The van der Waals surface area contributed by atoms with Crippen LogP contribution in [0.2, 0.25) is 0 Å². The van der Waals surface area contributed by atoms with Crippen LogP contribution in [-0.4, -0.2) is 89.4 Å². The second kappa shape index (κ2) is 41.4. The molecule has 0 saturated heterocycles. The number of rotatable bonds is 37. The lowest BCUT2D eigenvalue weighted by molar-refractivity contribution is 0.110. The van der Waals surface area contributed by atoms with E-state index in [1.165, 1.54) is 119 Å². The molecule has 3 aromatic heterocycles. The number of hydrogen-bond donors (Lipinski definition) is 0. The van der Waals surface area contributed by atoms with Crippen LogP contribution in [0.3, 0.4) is 0 Å². The number of hydrogen-bond acceptors (Lipinski definition) is 12. The summed E-state index contributed by atoms with van der Waals surface area (Å²) in [7, 11) is 0. The second-order valence-electron chi connectivity index (χ2n) is 18.8. The zero-order chi connectivity index (χ0) is 53.9. The van der Waals surface area contributed by atoms with E-state index in [-0.39, 0.29) is 0 Å². The lowest BCUT2D eigenvalue weighted by Crippen LogP contribution is -2.06. The predicted octanol–water partition coefficient (Wildman–Crippen LogP) is 15.6. The van der Waals surface area contributed by atoms with Crippen molar-refractivity contribution in [2.24, 2.45) is 0 Å². The van der Waals surface area contributed by atoms with Crippen molar-refractivity contribution in [3.8, 4) is 51.4 Å². The summed E-state index contributed by atoms with van der Waals surface area (Å²) in [6.07, 6.45) is 35.7. The van der Waals surface area contributed by atoms with Crippen molar-refractivity contribution in [3.05, 3.63) is 127 Å². The highest BCUT2D eigenvalue weighted by atomic mass is 16.5. The average Bonchev–Trinajstić information content (AvgIpc) is 3.47. The molecule has 0 aliphatic rings. The predicted molar refractivity (Wildman–Crippen MR) is 310 cm³/mol. The van der Waals surface area contributed by atoms with Crippen LogP contribution in [0, 0.1) is 0 Å². The van der Waals surface area contributed by atoms with Crippen LogP contribution in [0.1, 0.15) is 161 Å². The van der Waals surface area contributed by atoms with E-state index in [2.05, 4.69) is 50.7 Å². The van der Waals surface area contributed by atoms with E-state index < -0.39 is 0 Å². The van der Waals surface area contributed by atoms with Crippen molar-refractivity contribution in [1.29, 1.82) is 0 Å². The van der Waals surface area contributed by atoms with Crippen molar-refractivity contribution in [3.63, 3.8) is 0 Å². The van der Waals surface area contributed by atoms with Gasteiger partial charge >= 0.3 is 0 Å². The van der Waals surface area contributed by atoms with Gasteiger partial charge in [0.25, 0.3) is 0 Å². The third-order valence-corrected chi connectivity index (χ3v) is 12.5. The molecule has 0 amide bonds. The van der Waals surface area contributed by atoms with Crippen molar-refractivity contribution in [1.82, 2.24) is 29.9 Å². The molecule has 0 unspecified atom stereocenters. The van der Waals surface area contributed by atoms with Crippen molar-refractivity contribution in [2.75, 3.05) is 59.5 Å². The summed E-state index contributed by atoms with van der Waals surface area (Å²) in [4.78, 5) is 27.1. The van der Waals surface area contributed by atoms with Crippen molar-refractivity contribution in [2.45, 2.75) is 164 Å². The summed E-state index contributed by atoms with van der Waals surface area (Å²) in [6, 6.07) is 23.7. The quantitative estimate of drug-likeness (QED) is 0.0344. The lowest BCUT2D eigenvalue weighted by atomic mass is 10.1. The van der Waals surface area contributed by atoms with Gasteiger partial charge in [0.05, 0.1) is 19.8 Å². The molecule has 0 aliphatic carbocycles. The Hall–Kier alpha value is -5.82. The van der Waals surface area contributed by atoms with Gasteiger partial charge in [0, 0.05) is 73.7 Å². The molecule has 76 heavy (non-hydrogen) atoms. The standard InChI is InChI=1S/C23H34N2O2.C21H30N2O2.C20H28N2O2/c1-3-5-6-7-8-9-10-11-20-18-24-23(25-19-20)21-12-14-22(15-13-21)27-17-16-26-4-2;1-3-5-6-7-8-9-18-16-22-21(23-17-18)19-10-12-20(13-11-19)25-15-14-24-4-2;1-3-5-6-7-8-17-15-21-20(22-16-17)18-9-11-19(12-10-18)24-14-13-23-4-2/h12-15,18-19H,3-11,16-17H2,1-2H3;10-13,16-17H,3-9,14-15H2,1-2H3;9-12,15-16H,3-8,13-14H2,1-2H3. The smallest absolute Gasteiger partial charge is 0.159 e. The van der Waals surface area contributed by atoms with E-state index in [0.29, 0.717) is 59.5 Å². The summed E-state index contributed by atoms with van der Waals surface area (Å²) in [5, 5.41) is 0. The first-order chi connectivity index (χ1) is 37.5. The number of aryl methyl sites for hydroxylation is 3. The zero-order valence-electron chi connectivity index (χ0n) is 47.3. The molecule has 0 bridgehead atoms. The Morgan fingerprint density at radius 1 is 0.276 bits per heavy atom. The Bertz CT molecular complexity index is 2230. The maximum Gasteiger partial charge on any atom is 0.159 e. The Labute approximate surface area is 457 Å². The summed E-state index contributed by atoms with van der Waals surface area (Å²) < 4.78 is 32.7. The highest BCUT2D eigenvalue weighted by Gasteiger charge is 2.07. The van der Waals surface area contributed by atoms with E-state index in [1.807, 2.05) is 131 Å². The first-order valence-corrected chi connectivity index (χ1v) is 28.9. The minimum absolute atomic E-state index is 0.566. The van der Waals surface area contributed by atoms with E-state index in [4.69, 9.17) is 28.4 Å². The third kappa shape index (κ3) is 27.3. The molecule has 3 aromatic carbocycles. The fourth-order valence-corrected chi connectivity index (χ4v) is 8.06. The van der Waals surface area contributed by atoms with Gasteiger partial charge in [-0.15, -0.1) is 0 Å². The molecule has 12 heteroatoms. The maximum atomic E-state index is 5.64. The molecular weight excluding hydrogens is 949 g/mol. The van der Waals surface area contributed by atoms with Gasteiger partial charge in [0.1, 0.15) is 37.1 Å². The summed E-state index contributed by atoms with van der Waals surface area (Å²) in [5.41, 5.74) is 6.68. The fraction of sp³-hybridized carbons (Fsp3) is 0.531. The first kappa shape index (κ1) is 62.7. The van der Waals surface area contributed by atoms with Gasteiger partial charge in [-0.05, 0) is 149 Å². The lowest BCUT2D eigenvalue weighted by Gasteiger charge is -2.07. The normalized spacial score (nSPS) is 10.8. The van der Waals surface area contributed by atoms with Gasteiger partial charge in [0.15, 0.2) is 17.5 Å². The van der Waals surface area contributed by atoms with Crippen LogP contribution in [0.4, 0.5) is 0 Å². The van der Waals surface area contributed by atoms with Crippen LogP contribution >= 0.6 is 0 Å². The fourth-order valence-electron chi connectivity index (χ4n) is 8.06. The van der Waals surface area contributed by atoms with Gasteiger partial charge in [-0.25, -0.2) is 29.9 Å². The molecule has 0 spiro atoms. The molecule has 414 valence electrons. The first-order valence-electron chi connectivity index (χ1n) is 28.9. The Kier molecular flexibility index (Phi) is 34.1. The molecule has 0 atom stereocenters. The number of unbranched alkanes of at least 4 members (excludes halogenated alkanes) is 13. The van der Waals surface area contributed by atoms with Gasteiger partial charge in [-0.3, -0.25) is 0 Å². The average molecular weight is 1040 g/mol. The van der Waals surface area contributed by atoms with Crippen molar-refractivity contribution >= 4 is 0 Å².